The van der Waals surface area contributed by atoms with Crippen molar-refractivity contribution >= 4 is 7.60 Å². The zero-order valence-corrected chi connectivity index (χ0v) is 15.6. The molecule has 0 saturated heterocycles. The van der Waals surface area contributed by atoms with E-state index in [2.05, 4.69) is 6.92 Å². The van der Waals surface area contributed by atoms with Crippen molar-refractivity contribution in [3.05, 3.63) is 0 Å². The first-order valence-electron chi connectivity index (χ1n) is 9.57. The van der Waals surface area contributed by atoms with E-state index in [4.69, 9.17) is 0 Å². The quantitative estimate of drug-likeness (QED) is 0.273. The van der Waals surface area contributed by atoms with E-state index in [1.807, 2.05) is 0 Å². The van der Waals surface area contributed by atoms with E-state index >= 15 is 0 Å². The zero-order valence-electron chi connectivity index (χ0n) is 14.7. The molecular weight excluding hydrogens is 295 g/mol. The van der Waals surface area contributed by atoms with Gasteiger partial charge in [0.05, 0.1) is 0 Å². The van der Waals surface area contributed by atoms with Gasteiger partial charge in [-0.2, -0.15) is 0 Å². The molecule has 22 heavy (non-hydrogen) atoms. The van der Waals surface area contributed by atoms with E-state index < -0.39 is 7.60 Å². The summed E-state index contributed by atoms with van der Waals surface area (Å²) in [4.78, 5) is 20.9. The molecule has 0 aromatic carbocycles. The Hall–Kier alpha value is 0.150. The molecule has 0 bridgehead atoms. The van der Waals surface area contributed by atoms with Crippen LogP contribution >= 0.6 is 7.60 Å². The van der Waals surface area contributed by atoms with Crippen molar-refractivity contribution in [1.29, 1.82) is 0 Å². The minimum absolute atomic E-state index is 0.161. The Morgan fingerprint density at radius 2 is 0.818 bits per heavy atom. The molecule has 0 amide bonds. The zero-order chi connectivity index (χ0) is 16.5. The molecular formula is C18H37O3P-2. The van der Waals surface area contributed by atoms with E-state index in [0.29, 0.717) is 6.42 Å². The molecule has 0 atom stereocenters. The molecule has 0 aromatic heterocycles. The van der Waals surface area contributed by atoms with Gasteiger partial charge in [-0.15, -0.1) is 0 Å². The molecule has 0 heterocycles. The van der Waals surface area contributed by atoms with E-state index in [1.165, 1.54) is 83.5 Å². The molecule has 0 aliphatic carbocycles. The Labute approximate surface area is 138 Å². The normalized spacial score (nSPS) is 12.0. The predicted molar refractivity (Wildman–Crippen MR) is 92.0 cm³/mol. The van der Waals surface area contributed by atoms with Crippen LogP contribution in [0.1, 0.15) is 110 Å². The van der Waals surface area contributed by atoms with Crippen LogP contribution in [0.15, 0.2) is 0 Å². The van der Waals surface area contributed by atoms with Gasteiger partial charge >= 0.3 is 0 Å². The highest BCUT2D eigenvalue weighted by Gasteiger charge is 1.95. The molecule has 0 N–H and O–H groups in total. The van der Waals surface area contributed by atoms with Crippen LogP contribution in [0.5, 0.6) is 0 Å². The summed E-state index contributed by atoms with van der Waals surface area (Å²) in [6, 6.07) is 0. The number of rotatable bonds is 17. The molecule has 0 saturated carbocycles. The number of hydrogen-bond acceptors (Lipinski definition) is 3. The number of hydrogen-bond donors (Lipinski definition) is 0. The maximum absolute atomic E-state index is 10.5. The average Bonchev–Trinajstić information content (AvgIpc) is 2.45. The van der Waals surface area contributed by atoms with Gasteiger partial charge in [0.15, 0.2) is 0 Å². The third-order valence-corrected chi connectivity index (χ3v) is 5.15. The molecule has 3 nitrogen and oxygen atoms in total. The predicted octanol–water partition coefficient (Wildman–Crippen LogP) is 5.16. The van der Waals surface area contributed by atoms with Crippen LogP contribution in [-0.2, 0) is 4.57 Å². The first kappa shape index (κ1) is 22.1. The molecule has 0 aliphatic rings. The molecule has 0 rings (SSSR count). The fourth-order valence-electron chi connectivity index (χ4n) is 2.85. The molecule has 134 valence electrons. The molecule has 0 aromatic rings. The van der Waals surface area contributed by atoms with E-state index in [1.54, 1.807) is 0 Å². The van der Waals surface area contributed by atoms with Gasteiger partial charge in [-0.05, 0) is 12.6 Å². The molecule has 0 radical (unpaired) electrons. The van der Waals surface area contributed by atoms with Crippen LogP contribution in [0, 0.1) is 0 Å². The lowest BCUT2D eigenvalue weighted by atomic mass is 10.0. The minimum atomic E-state index is -4.25. The molecule has 0 spiro atoms. The summed E-state index contributed by atoms with van der Waals surface area (Å²) >= 11 is 0. The van der Waals surface area contributed by atoms with Gasteiger partial charge in [0.25, 0.3) is 0 Å². The van der Waals surface area contributed by atoms with Crippen molar-refractivity contribution in [2.45, 2.75) is 110 Å². The lowest BCUT2D eigenvalue weighted by Crippen LogP contribution is -2.16. The smallest absolute Gasteiger partial charge is 0.0250 e. The summed E-state index contributed by atoms with van der Waals surface area (Å²) < 4.78 is 10.5. The SMILES string of the molecule is CCCCCCCCCCCCCCCCCCP(=O)([O-])[O-]. The van der Waals surface area contributed by atoms with Crippen LogP contribution in [0.25, 0.3) is 0 Å². The summed E-state index contributed by atoms with van der Waals surface area (Å²) in [6.07, 6.45) is 19.9. The van der Waals surface area contributed by atoms with E-state index in [9.17, 15) is 14.4 Å². The second kappa shape index (κ2) is 16.0. The van der Waals surface area contributed by atoms with Gasteiger partial charge in [0.2, 0.25) is 0 Å². The van der Waals surface area contributed by atoms with Gasteiger partial charge in [-0.1, -0.05) is 111 Å². The maximum Gasteiger partial charge on any atom is -0.0250 e. The molecule has 0 fully saturated rings. The fraction of sp³-hybridized carbons (Fsp3) is 1.00. The van der Waals surface area contributed by atoms with Crippen molar-refractivity contribution < 1.29 is 14.4 Å². The first-order chi connectivity index (χ1) is 10.6. The van der Waals surface area contributed by atoms with Crippen LogP contribution in [-0.4, -0.2) is 6.16 Å². The Kier molecular flexibility index (Phi) is 16.1. The molecule has 4 heteroatoms. The lowest BCUT2D eigenvalue weighted by Gasteiger charge is -2.29. The first-order valence-corrected chi connectivity index (χ1v) is 11.3. The van der Waals surface area contributed by atoms with Crippen molar-refractivity contribution in [1.82, 2.24) is 0 Å². The van der Waals surface area contributed by atoms with Gasteiger partial charge in [0.1, 0.15) is 0 Å². The Morgan fingerprint density at radius 1 is 0.545 bits per heavy atom. The average molecular weight is 332 g/mol. The second-order valence-electron chi connectivity index (χ2n) is 6.64. The number of unbranched alkanes of at least 4 members (excludes halogenated alkanes) is 15. The van der Waals surface area contributed by atoms with Gasteiger partial charge < -0.3 is 14.4 Å². The van der Waals surface area contributed by atoms with Crippen LogP contribution in [0.3, 0.4) is 0 Å². The topological polar surface area (TPSA) is 63.2 Å². The van der Waals surface area contributed by atoms with E-state index in [0.717, 1.165) is 12.8 Å². The van der Waals surface area contributed by atoms with Crippen LogP contribution in [0.4, 0.5) is 0 Å². The van der Waals surface area contributed by atoms with Crippen molar-refractivity contribution in [3.8, 4) is 0 Å². The lowest BCUT2D eigenvalue weighted by molar-refractivity contribution is -0.313. The van der Waals surface area contributed by atoms with Crippen molar-refractivity contribution in [3.63, 3.8) is 0 Å². The highest BCUT2D eigenvalue weighted by Crippen LogP contribution is 2.25. The standard InChI is InChI=1S/C18H39O3P/c1-2-3-4-5-6-7-8-9-10-11-12-13-14-15-16-17-18-22(19,20)21/h2-18H2,1H3,(H2,19,20,21)/p-2. The molecule has 0 unspecified atom stereocenters. The third-order valence-electron chi connectivity index (χ3n) is 4.29. The van der Waals surface area contributed by atoms with Crippen LogP contribution in [0.2, 0.25) is 0 Å². The summed E-state index contributed by atoms with van der Waals surface area (Å²) in [5.74, 6) is 0. The second-order valence-corrected chi connectivity index (χ2v) is 8.31. The van der Waals surface area contributed by atoms with Crippen molar-refractivity contribution in [2.75, 3.05) is 6.16 Å². The van der Waals surface area contributed by atoms with Gasteiger partial charge in [-0.3, -0.25) is 0 Å². The Morgan fingerprint density at radius 3 is 1.09 bits per heavy atom. The van der Waals surface area contributed by atoms with Gasteiger partial charge in [-0.25, -0.2) is 0 Å². The summed E-state index contributed by atoms with van der Waals surface area (Å²) in [5, 5.41) is 0. The summed E-state index contributed by atoms with van der Waals surface area (Å²) in [5.41, 5.74) is 0. The Balaban J connectivity index is 3.01. The third kappa shape index (κ3) is 20.1. The largest absolute Gasteiger partial charge is 0.811 e. The monoisotopic (exact) mass is 332 g/mol. The summed E-state index contributed by atoms with van der Waals surface area (Å²) in [6.45, 7) is 2.26. The van der Waals surface area contributed by atoms with E-state index in [-0.39, 0.29) is 6.16 Å². The van der Waals surface area contributed by atoms with Crippen LogP contribution < -0.4 is 9.79 Å². The highest BCUT2D eigenvalue weighted by molar-refractivity contribution is 7.48. The van der Waals surface area contributed by atoms with Crippen molar-refractivity contribution in [2.24, 2.45) is 0 Å². The highest BCUT2D eigenvalue weighted by atomic mass is 31.2. The maximum atomic E-state index is 10.5. The summed E-state index contributed by atoms with van der Waals surface area (Å²) in [7, 11) is -4.25. The van der Waals surface area contributed by atoms with Gasteiger partial charge in [0, 0.05) is 0 Å². The minimum Gasteiger partial charge on any atom is -0.811 e. The Bertz CT molecular complexity index is 263. The fourth-order valence-corrected chi connectivity index (χ4v) is 3.46. The molecule has 0 aliphatic heterocycles.